The van der Waals surface area contributed by atoms with Crippen molar-refractivity contribution in [2.45, 2.75) is 83.9 Å². The topological polar surface area (TPSA) is 86.3 Å². The third-order valence-electron chi connectivity index (χ3n) is 8.36. The Morgan fingerprint density at radius 1 is 1.07 bits per heavy atom. The summed E-state index contributed by atoms with van der Waals surface area (Å²) in [7, 11) is 0. The number of alkyl halides is 3. The van der Waals surface area contributed by atoms with Crippen molar-refractivity contribution in [1.82, 2.24) is 24.8 Å². The Hall–Kier alpha value is -3.21. The Kier molecular flexibility index (Phi) is 9.11. The van der Waals surface area contributed by atoms with Gasteiger partial charge in [-0.15, -0.1) is 0 Å². The lowest BCUT2D eigenvalue weighted by Crippen LogP contribution is -2.38. The van der Waals surface area contributed by atoms with Gasteiger partial charge in [-0.1, -0.05) is 36.6 Å². The Morgan fingerprint density at radius 3 is 2.51 bits per heavy atom. The summed E-state index contributed by atoms with van der Waals surface area (Å²) < 4.78 is 54.9. The van der Waals surface area contributed by atoms with E-state index in [1.807, 2.05) is 17.7 Å². The van der Waals surface area contributed by atoms with E-state index in [2.05, 4.69) is 20.1 Å². The van der Waals surface area contributed by atoms with E-state index in [0.29, 0.717) is 57.2 Å². The summed E-state index contributed by atoms with van der Waals surface area (Å²) in [6, 6.07) is 6.21. The summed E-state index contributed by atoms with van der Waals surface area (Å²) in [6.07, 6.45) is 2.93. The second-order valence-electron chi connectivity index (χ2n) is 11.0. The van der Waals surface area contributed by atoms with Gasteiger partial charge in [0.2, 0.25) is 5.82 Å². The normalized spacial score (nSPS) is 17.7. The van der Waals surface area contributed by atoms with Gasteiger partial charge in [0, 0.05) is 30.3 Å². The molecular formula is C30H38F3N5O3. The molecule has 41 heavy (non-hydrogen) atoms. The van der Waals surface area contributed by atoms with Crippen molar-refractivity contribution in [2.75, 3.05) is 26.2 Å². The molecule has 2 aliphatic rings. The lowest BCUT2D eigenvalue weighted by atomic mass is 9.87. The smallest absolute Gasteiger partial charge is 0.416 e. The van der Waals surface area contributed by atoms with Crippen molar-refractivity contribution in [3.8, 4) is 23.0 Å². The summed E-state index contributed by atoms with van der Waals surface area (Å²) in [6.45, 7) is 6.68. The number of ether oxygens (including phenoxy) is 1. The number of esters is 1. The van der Waals surface area contributed by atoms with Crippen LogP contribution >= 0.6 is 0 Å². The van der Waals surface area contributed by atoms with Crippen LogP contribution in [-0.4, -0.2) is 57.0 Å². The van der Waals surface area contributed by atoms with Crippen LogP contribution in [0.25, 0.3) is 23.0 Å². The average molecular weight is 574 g/mol. The number of likely N-dealkylation sites (tertiary alicyclic amines) is 1. The zero-order chi connectivity index (χ0) is 29.0. The van der Waals surface area contributed by atoms with Gasteiger partial charge in [-0.25, -0.2) is 0 Å². The number of nitrogens with zero attached hydrogens (tertiary/aromatic N) is 5. The predicted molar refractivity (Wildman–Crippen MR) is 147 cm³/mol. The molecule has 0 bridgehead atoms. The maximum atomic E-state index is 14.1. The third-order valence-corrected chi connectivity index (χ3v) is 8.36. The Morgan fingerprint density at radius 2 is 1.83 bits per heavy atom. The lowest BCUT2D eigenvalue weighted by Gasteiger charge is -2.31. The highest BCUT2D eigenvalue weighted by Crippen LogP contribution is 2.37. The molecule has 0 amide bonds. The fourth-order valence-electron chi connectivity index (χ4n) is 6.09. The summed E-state index contributed by atoms with van der Waals surface area (Å²) >= 11 is 0. The van der Waals surface area contributed by atoms with Gasteiger partial charge in [-0.2, -0.15) is 23.3 Å². The second-order valence-corrected chi connectivity index (χ2v) is 11.0. The van der Waals surface area contributed by atoms with E-state index in [9.17, 15) is 18.0 Å². The number of rotatable bonds is 9. The molecule has 5 rings (SSSR count). The number of hydrogen-bond donors (Lipinski definition) is 0. The van der Waals surface area contributed by atoms with Gasteiger partial charge >= 0.3 is 12.1 Å². The van der Waals surface area contributed by atoms with E-state index in [4.69, 9.17) is 9.26 Å². The molecule has 3 aromatic rings. The molecule has 3 heterocycles. The molecule has 222 valence electrons. The van der Waals surface area contributed by atoms with E-state index < -0.39 is 11.7 Å². The van der Waals surface area contributed by atoms with E-state index >= 15 is 0 Å². The van der Waals surface area contributed by atoms with Crippen LogP contribution in [0.2, 0.25) is 0 Å². The first-order chi connectivity index (χ1) is 19.8. The minimum atomic E-state index is -4.52. The van der Waals surface area contributed by atoms with Crippen LogP contribution in [0.15, 0.2) is 28.8 Å². The number of aromatic nitrogens is 4. The van der Waals surface area contributed by atoms with Crippen LogP contribution in [0.1, 0.15) is 81.5 Å². The molecule has 8 nitrogen and oxygen atoms in total. The van der Waals surface area contributed by atoms with Crippen LogP contribution in [0, 0.1) is 5.92 Å². The molecule has 0 spiro atoms. The second kappa shape index (κ2) is 12.8. The third kappa shape index (κ3) is 6.82. The predicted octanol–water partition coefficient (Wildman–Crippen LogP) is 6.50. The van der Waals surface area contributed by atoms with Crippen molar-refractivity contribution >= 4 is 5.97 Å². The Labute approximate surface area is 238 Å². The van der Waals surface area contributed by atoms with Gasteiger partial charge in [0.1, 0.15) is 0 Å². The van der Waals surface area contributed by atoms with E-state index in [-0.39, 0.29) is 41.2 Å². The van der Waals surface area contributed by atoms with Crippen LogP contribution in [-0.2, 0) is 28.7 Å². The van der Waals surface area contributed by atoms with Crippen molar-refractivity contribution in [3.05, 3.63) is 41.1 Å². The highest BCUT2D eigenvalue weighted by atomic mass is 19.4. The van der Waals surface area contributed by atoms with E-state index in [0.717, 1.165) is 24.6 Å². The monoisotopic (exact) mass is 573 g/mol. The van der Waals surface area contributed by atoms with Crippen molar-refractivity contribution in [1.29, 1.82) is 0 Å². The summed E-state index contributed by atoms with van der Waals surface area (Å²) in [4.78, 5) is 18.5. The SMILES string of the molecule is CCOC(=O)C1CCN(CCc2ccc(-c3noc(-c4cc(C5CCCCC5)n(CC)n4)n3)cc2C(F)(F)F)CC1. The number of halogens is 3. The first-order valence-corrected chi connectivity index (χ1v) is 14.8. The van der Waals surface area contributed by atoms with E-state index in [1.54, 1.807) is 13.0 Å². The van der Waals surface area contributed by atoms with Crippen molar-refractivity contribution in [2.24, 2.45) is 5.92 Å². The highest BCUT2D eigenvalue weighted by Gasteiger charge is 2.34. The van der Waals surface area contributed by atoms with Gasteiger partial charge in [-0.3, -0.25) is 9.48 Å². The molecule has 1 aromatic carbocycles. The maximum Gasteiger partial charge on any atom is 0.416 e. The molecule has 2 fully saturated rings. The standard InChI is InChI=1S/C30H38F3N5O3/c1-3-38-26(21-8-6-5-7-9-21)19-25(35-38)28-34-27(36-41-28)23-11-10-20(24(18-23)30(31,32)33)12-15-37-16-13-22(14-17-37)29(39)40-4-2/h10-11,18-19,21-22H,3-9,12-17H2,1-2H3. The lowest BCUT2D eigenvalue weighted by molar-refractivity contribution is -0.149. The minimum absolute atomic E-state index is 0.100. The van der Waals surface area contributed by atoms with Gasteiger partial charge in [0.25, 0.3) is 5.89 Å². The molecule has 1 aliphatic carbocycles. The van der Waals surface area contributed by atoms with E-state index in [1.165, 1.54) is 25.3 Å². The van der Waals surface area contributed by atoms with Gasteiger partial charge < -0.3 is 14.2 Å². The molecule has 1 saturated heterocycles. The highest BCUT2D eigenvalue weighted by molar-refractivity contribution is 5.72. The summed E-state index contributed by atoms with van der Waals surface area (Å²) in [5.74, 6) is 0.426. The molecule has 11 heteroatoms. The molecule has 1 aliphatic heterocycles. The first kappa shape index (κ1) is 29.3. The first-order valence-electron chi connectivity index (χ1n) is 14.8. The zero-order valence-electron chi connectivity index (χ0n) is 23.8. The number of carbonyl (C=O) groups excluding carboxylic acids is 1. The van der Waals surface area contributed by atoms with Crippen LogP contribution in [0.5, 0.6) is 0 Å². The largest absolute Gasteiger partial charge is 0.466 e. The zero-order valence-corrected chi connectivity index (χ0v) is 23.8. The van der Waals surface area contributed by atoms with Gasteiger partial charge in [-0.05, 0) is 76.7 Å². The van der Waals surface area contributed by atoms with Gasteiger partial charge in [0.05, 0.1) is 18.1 Å². The minimum Gasteiger partial charge on any atom is -0.466 e. The molecule has 0 N–H and O–H groups in total. The van der Waals surface area contributed by atoms with Gasteiger partial charge in [0.15, 0.2) is 5.69 Å². The van der Waals surface area contributed by atoms with Crippen molar-refractivity contribution < 1.29 is 27.2 Å². The Bertz CT molecular complexity index is 1320. The molecule has 2 aromatic heterocycles. The number of piperidine rings is 1. The maximum absolute atomic E-state index is 14.1. The molecule has 0 radical (unpaired) electrons. The fraction of sp³-hybridized carbons (Fsp3) is 0.600. The van der Waals surface area contributed by atoms with Crippen LogP contribution in [0.3, 0.4) is 0 Å². The molecule has 0 unspecified atom stereocenters. The molecular weight excluding hydrogens is 535 g/mol. The molecule has 1 saturated carbocycles. The quantitative estimate of drug-likeness (QED) is 0.270. The number of benzene rings is 1. The Balaban J connectivity index is 1.29. The van der Waals surface area contributed by atoms with Crippen LogP contribution in [0.4, 0.5) is 13.2 Å². The molecule has 0 atom stereocenters. The number of hydrogen-bond acceptors (Lipinski definition) is 7. The summed E-state index contributed by atoms with van der Waals surface area (Å²) in [5.41, 5.74) is 1.46. The number of aryl methyl sites for hydroxylation is 1. The summed E-state index contributed by atoms with van der Waals surface area (Å²) in [5, 5.41) is 8.65. The number of carbonyl (C=O) groups is 1. The average Bonchev–Trinajstić information content (AvgIpc) is 3.64. The van der Waals surface area contributed by atoms with Crippen molar-refractivity contribution in [3.63, 3.8) is 0 Å². The van der Waals surface area contributed by atoms with Crippen LogP contribution < -0.4 is 0 Å². The fourth-order valence-corrected chi connectivity index (χ4v) is 6.09.